The van der Waals surface area contributed by atoms with E-state index in [4.69, 9.17) is 4.52 Å². The molecule has 18 heavy (non-hydrogen) atoms. The fraction of sp³-hybridized carbons (Fsp3) is 0.846. The third-order valence-electron chi connectivity index (χ3n) is 3.50. The molecule has 0 radical (unpaired) electrons. The first kappa shape index (κ1) is 13.5. The highest BCUT2D eigenvalue weighted by molar-refractivity contribution is 4.94. The van der Waals surface area contributed by atoms with Crippen molar-refractivity contribution in [2.24, 2.45) is 0 Å². The topological polar surface area (TPSA) is 62.4 Å². The van der Waals surface area contributed by atoms with Crippen LogP contribution in [0.25, 0.3) is 0 Å². The molecular weight excluding hydrogens is 230 g/mol. The minimum atomic E-state index is -0.678. The first-order valence-corrected chi connectivity index (χ1v) is 6.78. The quantitative estimate of drug-likeness (QED) is 0.866. The number of rotatable bonds is 5. The van der Waals surface area contributed by atoms with Crippen molar-refractivity contribution >= 4 is 0 Å². The van der Waals surface area contributed by atoms with E-state index in [1.165, 1.54) is 0 Å². The van der Waals surface area contributed by atoms with E-state index in [2.05, 4.69) is 22.0 Å². The van der Waals surface area contributed by atoms with Crippen molar-refractivity contribution in [2.45, 2.75) is 64.6 Å². The molecule has 1 N–H and O–H groups in total. The predicted octanol–water partition coefficient (Wildman–Crippen LogP) is 1.76. The molecule has 2 heterocycles. The molecule has 5 nitrogen and oxygen atoms in total. The fourth-order valence-electron chi connectivity index (χ4n) is 2.67. The number of nitrogens with zero attached hydrogens (tertiary/aromatic N) is 3. The Hall–Kier alpha value is -0.940. The Kier molecular flexibility index (Phi) is 4.02. The van der Waals surface area contributed by atoms with Crippen LogP contribution in [0.3, 0.4) is 0 Å². The van der Waals surface area contributed by atoms with Crippen LogP contribution in [-0.2, 0) is 13.0 Å². The maximum Gasteiger partial charge on any atom is 0.240 e. The summed E-state index contributed by atoms with van der Waals surface area (Å²) in [5, 5.41) is 14.1. The lowest BCUT2D eigenvalue weighted by molar-refractivity contribution is -0.00774. The van der Waals surface area contributed by atoms with E-state index in [9.17, 15) is 5.11 Å². The molecule has 0 bridgehead atoms. The molecule has 5 heteroatoms. The van der Waals surface area contributed by atoms with Gasteiger partial charge in [-0.05, 0) is 39.7 Å². The van der Waals surface area contributed by atoms with E-state index in [1.807, 2.05) is 13.8 Å². The van der Waals surface area contributed by atoms with E-state index in [-0.39, 0.29) is 6.04 Å². The van der Waals surface area contributed by atoms with Crippen molar-refractivity contribution < 1.29 is 9.63 Å². The molecule has 1 aliphatic rings. The van der Waals surface area contributed by atoms with Gasteiger partial charge < -0.3 is 9.63 Å². The van der Waals surface area contributed by atoms with Crippen LogP contribution in [0.15, 0.2) is 4.52 Å². The van der Waals surface area contributed by atoms with E-state index in [0.717, 1.165) is 38.1 Å². The van der Waals surface area contributed by atoms with Gasteiger partial charge in [-0.2, -0.15) is 4.98 Å². The first-order chi connectivity index (χ1) is 8.50. The molecule has 1 aliphatic heterocycles. The van der Waals surface area contributed by atoms with Crippen LogP contribution in [0.2, 0.25) is 0 Å². The summed E-state index contributed by atoms with van der Waals surface area (Å²) in [6.07, 6.45) is 4.03. The molecule has 0 saturated carbocycles. The number of likely N-dealkylation sites (tertiary alicyclic amines) is 1. The second-order valence-corrected chi connectivity index (χ2v) is 5.64. The zero-order valence-corrected chi connectivity index (χ0v) is 11.5. The summed E-state index contributed by atoms with van der Waals surface area (Å²) < 4.78 is 5.26. The lowest BCUT2D eigenvalue weighted by Crippen LogP contribution is -2.45. The molecule has 1 atom stereocenters. The van der Waals surface area contributed by atoms with Gasteiger partial charge in [-0.3, -0.25) is 4.90 Å². The van der Waals surface area contributed by atoms with E-state index >= 15 is 0 Å². The standard InChI is InChI=1S/C13H23N3O2/c1-4-6-11-14-12(18-15-11)9-16-8-5-7-10(16)13(2,3)17/h10,17H,4-9H2,1-3H3. The average molecular weight is 253 g/mol. The Morgan fingerprint density at radius 3 is 2.94 bits per heavy atom. The van der Waals surface area contributed by atoms with Gasteiger partial charge in [0.15, 0.2) is 5.82 Å². The van der Waals surface area contributed by atoms with Crippen LogP contribution in [0, 0.1) is 0 Å². The van der Waals surface area contributed by atoms with Gasteiger partial charge in [-0.25, -0.2) is 0 Å². The van der Waals surface area contributed by atoms with Crippen LogP contribution in [-0.4, -0.2) is 38.3 Å². The Balaban J connectivity index is 1.99. The normalized spacial score (nSPS) is 21.7. The van der Waals surface area contributed by atoms with Crippen molar-refractivity contribution in [1.82, 2.24) is 15.0 Å². The zero-order chi connectivity index (χ0) is 13.2. The molecule has 1 fully saturated rings. The van der Waals surface area contributed by atoms with Gasteiger partial charge in [0.25, 0.3) is 0 Å². The van der Waals surface area contributed by atoms with E-state index in [1.54, 1.807) is 0 Å². The number of aryl methyl sites for hydroxylation is 1. The second-order valence-electron chi connectivity index (χ2n) is 5.64. The van der Waals surface area contributed by atoms with Crippen molar-refractivity contribution in [3.63, 3.8) is 0 Å². The van der Waals surface area contributed by atoms with Crippen molar-refractivity contribution in [3.05, 3.63) is 11.7 Å². The van der Waals surface area contributed by atoms with Crippen molar-refractivity contribution in [3.8, 4) is 0 Å². The molecular formula is C13H23N3O2. The fourth-order valence-corrected chi connectivity index (χ4v) is 2.67. The van der Waals surface area contributed by atoms with E-state index < -0.39 is 5.60 Å². The van der Waals surface area contributed by atoms with Crippen molar-refractivity contribution in [2.75, 3.05) is 6.54 Å². The molecule has 1 saturated heterocycles. The lowest BCUT2D eigenvalue weighted by Gasteiger charge is -2.32. The van der Waals surface area contributed by atoms with E-state index in [0.29, 0.717) is 12.4 Å². The zero-order valence-electron chi connectivity index (χ0n) is 11.5. The molecule has 1 aromatic heterocycles. The van der Waals surface area contributed by atoms with Crippen LogP contribution < -0.4 is 0 Å². The smallest absolute Gasteiger partial charge is 0.240 e. The molecule has 102 valence electrons. The first-order valence-electron chi connectivity index (χ1n) is 6.78. The van der Waals surface area contributed by atoms with Crippen LogP contribution >= 0.6 is 0 Å². The summed E-state index contributed by atoms with van der Waals surface area (Å²) in [5.74, 6) is 1.45. The minimum Gasteiger partial charge on any atom is -0.389 e. The Morgan fingerprint density at radius 2 is 2.28 bits per heavy atom. The number of aromatic nitrogens is 2. The Labute approximate surface area is 108 Å². The third-order valence-corrected chi connectivity index (χ3v) is 3.50. The average Bonchev–Trinajstić information content (AvgIpc) is 2.88. The molecule has 0 spiro atoms. The monoisotopic (exact) mass is 253 g/mol. The highest BCUT2D eigenvalue weighted by atomic mass is 16.5. The summed E-state index contributed by atoms with van der Waals surface area (Å²) in [6.45, 7) is 7.46. The summed E-state index contributed by atoms with van der Waals surface area (Å²) in [4.78, 5) is 6.62. The summed E-state index contributed by atoms with van der Waals surface area (Å²) >= 11 is 0. The molecule has 0 aliphatic carbocycles. The highest BCUT2D eigenvalue weighted by Gasteiger charge is 2.36. The number of aliphatic hydroxyl groups is 1. The summed E-state index contributed by atoms with van der Waals surface area (Å²) in [7, 11) is 0. The van der Waals surface area contributed by atoms with Gasteiger partial charge in [0.2, 0.25) is 5.89 Å². The van der Waals surface area contributed by atoms with Gasteiger partial charge in [0, 0.05) is 12.5 Å². The minimum absolute atomic E-state index is 0.180. The molecule has 2 rings (SSSR count). The van der Waals surface area contributed by atoms with Crippen LogP contribution in [0.1, 0.15) is 51.7 Å². The van der Waals surface area contributed by atoms with Crippen molar-refractivity contribution in [1.29, 1.82) is 0 Å². The van der Waals surface area contributed by atoms with Crippen LogP contribution in [0.4, 0.5) is 0 Å². The largest absolute Gasteiger partial charge is 0.389 e. The maximum absolute atomic E-state index is 10.1. The van der Waals surface area contributed by atoms with Gasteiger partial charge >= 0.3 is 0 Å². The summed E-state index contributed by atoms with van der Waals surface area (Å²) in [5.41, 5.74) is -0.678. The molecule has 0 aromatic carbocycles. The van der Waals surface area contributed by atoms with Crippen LogP contribution in [0.5, 0.6) is 0 Å². The second kappa shape index (κ2) is 5.36. The Morgan fingerprint density at radius 1 is 1.50 bits per heavy atom. The molecule has 1 unspecified atom stereocenters. The molecule has 1 aromatic rings. The predicted molar refractivity (Wildman–Crippen MR) is 68.0 cm³/mol. The number of hydrogen-bond acceptors (Lipinski definition) is 5. The Bertz CT molecular complexity index is 384. The highest BCUT2D eigenvalue weighted by Crippen LogP contribution is 2.27. The third kappa shape index (κ3) is 3.09. The maximum atomic E-state index is 10.1. The number of hydrogen-bond donors (Lipinski definition) is 1. The van der Waals surface area contributed by atoms with Gasteiger partial charge in [0.1, 0.15) is 0 Å². The van der Waals surface area contributed by atoms with Gasteiger partial charge in [0.05, 0.1) is 12.1 Å². The molecule has 0 amide bonds. The SMILES string of the molecule is CCCc1noc(CN2CCCC2C(C)(C)O)n1. The summed E-state index contributed by atoms with van der Waals surface area (Å²) in [6, 6.07) is 0.180. The van der Waals surface area contributed by atoms with Gasteiger partial charge in [-0.1, -0.05) is 12.1 Å². The van der Waals surface area contributed by atoms with Gasteiger partial charge in [-0.15, -0.1) is 0 Å². The lowest BCUT2D eigenvalue weighted by atomic mass is 9.97.